The summed E-state index contributed by atoms with van der Waals surface area (Å²) in [7, 11) is 0. The zero-order valence-electron chi connectivity index (χ0n) is 15.4. The average Bonchev–Trinajstić information content (AvgIpc) is 2.78. The van der Waals surface area contributed by atoms with E-state index in [9.17, 15) is 9.18 Å². The van der Waals surface area contributed by atoms with E-state index in [1.807, 2.05) is 23.1 Å². The number of pyridine rings is 1. The minimum atomic E-state index is -0.252. The lowest BCUT2D eigenvalue weighted by Crippen LogP contribution is -2.45. The molecule has 138 valence electrons. The summed E-state index contributed by atoms with van der Waals surface area (Å²) in [5, 5.41) is 0. The number of aromatic nitrogens is 1. The Morgan fingerprint density at radius 3 is 2.58 bits per heavy atom. The molecule has 0 saturated carbocycles. The topological polar surface area (TPSA) is 36.4 Å². The lowest BCUT2D eigenvalue weighted by molar-refractivity contribution is -0.134. The van der Waals surface area contributed by atoms with Gasteiger partial charge in [0.2, 0.25) is 5.91 Å². The van der Waals surface area contributed by atoms with Crippen LogP contribution in [-0.4, -0.2) is 39.8 Å². The SMILES string of the molecule is CC(C)C1CN(Cc2ccccn2)CCC(=O)N1Cc1ccc(F)cc1. The molecule has 0 radical (unpaired) electrons. The fraction of sp³-hybridized carbons (Fsp3) is 0.429. The number of rotatable bonds is 5. The van der Waals surface area contributed by atoms with E-state index in [0.717, 1.165) is 30.9 Å². The normalized spacial score (nSPS) is 19.0. The van der Waals surface area contributed by atoms with Gasteiger partial charge in [-0.3, -0.25) is 14.7 Å². The molecule has 26 heavy (non-hydrogen) atoms. The third-order valence-electron chi connectivity index (χ3n) is 4.96. The first kappa shape index (κ1) is 18.5. The number of hydrogen-bond acceptors (Lipinski definition) is 3. The molecule has 0 aliphatic carbocycles. The first-order valence-electron chi connectivity index (χ1n) is 9.19. The van der Waals surface area contributed by atoms with Crippen molar-refractivity contribution in [3.8, 4) is 0 Å². The Labute approximate surface area is 154 Å². The van der Waals surface area contributed by atoms with Gasteiger partial charge in [0.1, 0.15) is 5.82 Å². The minimum Gasteiger partial charge on any atom is -0.334 e. The number of amides is 1. The van der Waals surface area contributed by atoms with E-state index >= 15 is 0 Å². The van der Waals surface area contributed by atoms with Crippen molar-refractivity contribution in [1.82, 2.24) is 14.8 Å². The average molecular weight is 355 g/mol. The van der Waals surface area contributed by atoms with E-state index in [0.29, 0.717) is 18.9 Å². The van der Waals surface area contributed by atoms with Crippen LogP contribution in [0.4, 0.5) is 4.39 Å². The van der Waals surface area contributed by atoms with Crippen LogP contribution in [0.5, 0.6) is 0 Å². The fourth-order valence-electron chi connectivity index (χ4n) is 3.46. The second-order valence-electron chi connectivity index (χ2n) is 7.27. The van der Waals surface area contributed by atoms with Crippen LogP contribution in [0.1, 0.15) is 31.5 Å². The Bertz CT molecular complexity index is 718. The molecule has 2 heterocycles. The number of hydrogen-bond donors (Lipinski definition) is 0. The number of halogens is 1. The van der Waals surface area contributed by atoms with Crippen LogP contribution < -0.4 is 0 Å². The van der Waals surface area contributed by atoms with Gasteiger partial charge >= 0.3 is 0 Å². The second kappa shape index (κ2) is 8.41. The maximum atomic E-state index is 13.2. The van der Waals surface area contributed by atoms with Crippen LogP contribution in [0, 0.1) is 11.7 Å². The summed E-state index contributed by atoms with van der Waals surface area (Å²) < 4.78 is 13.2. The standard InChI is InChI=1S/C21H26FN3O/c1-16(2)20-15-24(14-19-5-3-4-11-23-19)12-10-21(26)25(20)13-17-6-8-18(22)9-7-17/h3-9,11,16,20H,10,12-15H2,1-2H3. The molecule has 3 rings (SSSR count). The fourth-order valence-corrected chi connectivity index (χ4v) is 3.46. The molecular weight excluding hydrogens is 329 g/mol. The van der Waals surface area contributed by atoms with Crippen molar-refractivity contribution in [2.24, 2.45) is 5.92 Å². The zero-order chi connectivity index (χ0) is 18.5. The third kappa shape index (κ3) is 4.67. The van der Waals surface area contributed by atoms with Crippen LogP contribution in [0.2, 0.25) is 0 Å². The molecule has 0 spiro atoms. The number of carbonyl (C=O) groups excluding carboxylic acids is 1. The molecule has 1 saturated heterocycles. The molecule has 1 aromatic carbocycles. The Kier molecular flexibility index (Phi) is 5.99. The molecule has 1 fully saturated rings. The predicted octanol–water partition coefficient (Wildman–Crippen LogP) is 3.48. The summed E-state index contributed by atoms with van der Waals surface area (Å²) >= 11 is 0. The van der Waals surface area contributed by atoms with Crippen molar-refractivity contribution in [2.45, 2.75) is 39.4 Å². The Balaban J connectivity index is 1.76. The highest BCUT2D eigenvalue weighted by Gasteiger charge is 2.31. The lowest BCUT2D eigenvalue weighted by Gasteiger charge is -2.34. The molecule has 0 bridgehead atoms. The molecule has 1 aliphatic heterocycles. The van der Waals surface area contributed by atoms with Crippen molar-refractivity contribution in [1.29, 1.82) is 0 Å². The largest absolute Gasteiger partial charge is 0.334 e. The summed E-state index contributed by atoms with van der Waals surface area (Å²) in [4.78, 5) is 21.5. The van der Waals surface area contributed by atoms with Gasteiger partial charge in [0.15, 0.2) is 0 Å². The van der Waals surface area contributed by atoms with E-state index in [1.54, 1.807) is 18.3 Å². The summed E-state index contributed by atoms with van der Waals surface area (Å²) in [5.74, 6) is 0.248. The van der Waals surface area contributed by atoms with Gasteiger partial charge in [-0.05, 0) is 35.7 Å². The molecule has 4 nitrogen and oxygen atoms in total. The highest BCUT2D eigenvalue weighted by atomic mass is 19.1. The Morgan fingerprint density at radius 1 is 1.15 bits per heavy atom. The van der Waals surface area contributed by atoms with Crippen LogP contribution in [-0.2, 0) is 17.9 Å². The molecule has 2 aromatic rings. The van der Waals surface area contributed by atoms with E-state index in [4.69, 9.17) is 0 Å². The van der Waals surface area contributed by atoms with Crippen LogP contribution in [0.25, 0.3) is 0 Å². The van der Waals surface area contributed by atoms with E-state index in [2.05, 4.69) is 23.7 Å². The first-order valence-corrected chi connectivity index (χ1v) is 9.19. The molecule has 1 aliphatic rings. The quantitative estimate of drug-likeness (QED) is 0.824. The summed E-state index contributed by atoms with van der Waals surface area (Å²) in [5.41, 5.74) is 1.98. The monoisotopic (exact) mass is 355 g/mol. The smallest absolute Gasteiger partial charge is 0.224 e. The van der Waals surface area contributed by atoms with Gasteiger partial charge in [-0.2, -0.15) is 0 Å². The van der Waals surface area contributed by atoms with Crippen molar-refractivity contribution in [2.75, 3.05) is 13.1 Å². The molecule has 1 aromatic heterocycles. The van der Waals surface area contributed by atoms with E-state index in [-0.39, 0.29) is 17.8 Å². The van der Waals surface area contributed by atoms with Crippen LogP contribution >= 0.6 is 0 Å². The van der Waals surface area contributed by atoms with Gasteiger partial charge in [-0.15, -0.1) is 0 Å². The number of carbonyl (C=O) groups is 1. The van der Waals surface area contributed by atoms with Crippen molar-refractivity contribution in [3.63, 3.8) is 0 Å². The summed E-state index contributed by atoms with van der Waals surface area (Å²) in [6.45, 7) is 7.14. The predicted molar refractivity (Wildman–Crippen MR) is 99.7 cm³/mol. The third-order valence-corrected chi connectivity index (χ3v) is 4.96. The summed E-state index contributed by atoms with van der Waals surface area (Å²) in [6.07, 6.45) is 2.30. The van der Waals surface area contributed by atoms with Crippen LogP contribution in [0.15, 0.2) is 48.7 Å². The van der Waals surface area contributed by atoms with E-state index < -0.39 is 0 Å². The van der Waals surface area contributed by atoms with Gasteiger partial charge in [0.05, 0.1) is 5.69 Å². The molecule has 1 unspecified atom stereocenters. The molecule has 5 heteroatoms. The second-order valence-corrected chi connectivity index (χ2v) is 7.27. The highest BCUT2D eigenvalue weighted by molar-refractivity contribution is 5.77. The Hall–Kier alpha value is -2.27. The van der Waals surface area contributed by atoms with Crippen molar-refractivity contribution in [3.05, 3.63) is 65.7 Å². The van der Waals surface area contributed by atoms with Crippen LogP contribution in [0.3, 0.4) is 0 Å². The highest BCUT2D eigenvalue weighted by Crippen LogP contribution is 2.22. The zero-order valence-corrected chi connectivity index (χ0v) is 15.4. The maximum absolute atomic E-state index is 13.2. The molecule has 0 N–H and O–H groups in total. The lowest BCUT2D eigenvalue weighted by atomic mass is 10.0. The van der Waals surface area contributed by atoms with E-state index in [1.165, 1.54) is 12.1 Å². The van der Waals surface area contributed by atoms with Gasteiger partial charge in [0, 0.05) is 44.8 Å². The maximum Gasteiger partial charge on any atom is 0.224 e. The Morgan fingerprint density at radius 2 is 1.92 bits per heavy atom. The van der Waals surface area contributed by atoms with Crippen molar-refractivity contribution >= 4 is 5.91 Å². The first-order chi connectivity index (χ1) is 12.5. The minimum absolute atomic E-state index is 0.124. The summed E-state index contributed by atoms with van der Waals surface area (Å²) in [6, 6.07) is 12.5. The van der Waals surface area contributed by atoms with Crippen molar-refractivity contribution < 1.29 is 9.18 Å². The van der Waals surface area contributed by atoms with Gasteiger partial charge < -0.3 is 4.90 Å². The van der Waals surface area contributed by atoms with Gasteiger partial charge in [-0.1, -0.05) is 32.0 Å². The molecular formula is C21H26FN3O. The number of nitrogens with zero attached hydrogens (tertiary/aromatic N) is 3. The molecule has 1 amide bonds. The number of benzene rings is 1. The van der Waals surface area contributed by atoms with Gasteiger partial charge in [-0.25, -0.2) is 4.39 Å². The van der Waals surface area contributed by atoms with Gasteiger partial charge in [0.25, 0.3) is 0 Å². The molecule has 1 atom stereocenters.